The Labute approximate surface area is 215 Å². The first-order chi connectivity index (χ1) is 18.3. The third-order valence-electron chi connectivity index (χ3n) is 8.41. The van der Waals surface area contributed by atoms with E-state index in [2.05, 4.69) is 150 Å². The molecule has 0 saturated carbocycles. The predicted molar refractivity (Wildman–Crippen MR) is 157 cm³/mol. The number of hydrogen-bond donors (Lipinski definition) is 0. The molecule has 2 nitrogen and oxygen atoms in total. The quantitative estimate of drug-likeness (QED) is 0.237. The van der Waals surface area contributed by atoms with Crippen molar-refractivity contribution >= 4 is 49.3 Å². The lowest BCUT2D eigenvalue weighted by molar-refractivity contribution is 0.456. The van der Waals surface area contributed by atoms with Gasteiger partial charge in [-0.25, -0.2) is 0 Å². The van der Waals surface area contributed by atoms with E-state index in [1.807, 2.05) is 0 Å². The van der Waals surface area contributed by atoms with Crippen molar-refractivity contribution in [1.82, 2.24) is 9.13 Å². The standard InChI is InChI=1S/C35H26N2/c1-35-23-10-9-12-24(35)13-11-20-32(35)37-30-19-8-6-17-28(30)33-31(37)22-21-27-26-16-5-7-18-29(26)36(34(27)33)25-14-3-2-4-15-25/h2-24H,1H3. The molecule has 0 N–H and O–H groups in total. The van der Waals surface area contributed by atoms with Crippen molar-refractivity contribution in [3.63, 3.8) is 0 Å². The van der Waals surface area contributed by atoms with Gasteiger partial charge in [-0.05, 0) is 43.3 Å². The van der Waals surface area contributed by atoms with Gasteiger partial charge in [0.2, 0.25) is 0 Å². The van der Waals surface area contributed by atoms with Crippen LogP contribution in [-0.4, -0.2) is 9.13 Å². The fourth-order valence-corrected chi connectivity index (χ4v) is 6.65. The summed E-state index contributed by atoms with van der Waals surface area (Å²) in [7, 11) is 0. The molecule has 0 aliphatic heterocycles. The third-order valence-corrected chi connectivity index (χ3v) is 8.41. The van der Waals surface area contributed by atoms with E-state index in [9.17, 15) is 0 Å². The van der Waals surface area contributed by atoms with E-state index in [4.69, 9.17) is 0 Å². The fraction of sp³-hybridized carbons (Fsp3) is 0.0857. The Morgan fingerprint density at radius 3 is 2.14 bits per heavy atom. The highest BCUT2D eigenvalue weighted by Crippen LogP contribution is 2.49. The summed E-state index contributed by atoms with van der Waals surface area (Å²) in [6, 6.07) is 33.1. The van der Waals surface area contributed by atoms with Crippen molar-refractivity contribution < 1.29 is 0 Å². The SMILES string of the molecule is CC12C=CC=CC1C=CC=C2n1c2ccccc2c2c1ccc1c3ccccc3n(-c3ccccc3)c12. The highest BCUT2D eigenvalue weighted by atomic mass is 15.0. The summed E-state index contributed by atoms with van der Waals surface area (Å²) >= 11 is 0. The second kappa shape index (κ2) is 7.47. The van der Waals surface area contributed by atoms with Gasteiger partial charge in [-0.15, -0.1) is 0 Å². The first kappa shape index (κ1) is 20.6. The van der Waals surface area contributed by atoms with Crippen molar-refractivity contribution in [3.05, 3.63) is 134 Å². The number of para-hydroxylation sites is 3. The van der Waals surface area contributed by atoms with Gasteiger partial charge in [0.15, 0.2) is 0 Å². The van der Waals surface area contributed by atoms with Crippen LogP contribution in [0.5, 0.6) is 0 Å². The third kappa shape index (κ3) is 2.70. The van der Waals surface area contributed by atoms with E-state index in [1.54, 1.807) is 0 Å². The van der Waals surface area contributed by atoms with Gasteiger partial charge < -0.3 is 9.13 Å². The Morgan fingerprint density at radius 1 is 0.595 bits per heavy atom. The second-order valence-corrected chi connectivity index (χ2v) is 10.4. The van der Waals surface area contributed by atoms with E-state index >= 15 is 0 Å². The molecule has 2 atom stereocenters. The first-order valence-corrected chi connectivity index (χ1v) is 13.0. The average molecular weight is 475 g/mol. The molecule has 2 aliphatic rings. The summed E-state index contributed by atoms with van der Waals surface area (Å²) in [6.07, 6.45) is 15.9. The molecular weight excluding hydrogens is 448 g/mol. The molecule has 2 unspecified atom stereocenters. The monoisotopic (exact) mass is 474 g/mol. The van der Waals surface area contributed by atoms with Crippen molar-refractivity contribution in [2.75, 3.05) is 0 Å². The Morgan fingerprint density at radius 2 is 1.30 bits per heavy atom. The van der Waals surface area contributed by atoms with Crippen molar-refractivity contribution in [1.29, 1.82) is 0 Å². The van der Waals surface area contributed by atoms with Gasteiger partial charge in [-0.1, -0.05) is 97.1 Å². The van der Waals surface area contributed by atoms with Gasteiger partial charge in [0.1, 0.15) is 0 Å². The minimum Gasteiger partial charge on any atom is -0.312 e. The van der Waals surface area contributed by atoms with Crippen molar-refractivity contribution in [3.8, 4) is 5.69 Å². The van der Waals surface area contributed by atoms with Crippen LogP contribution < -0.4 is 0 Å². The Balaban J connectivity index is 1.57. The maximum Gasteiger partial charge on any atom is 0.0641 e. The van der Waals surface area contributed by atoms with Crippen LogP contribution in [0.25, 0.3) is 55.0 Å². The van der Waals surface area contributed by atoms with Gasteiger partial charge in [-0.3, -0.25) is 0 Å². The van der Waals surface area contributed by atoms with Gasteiger partial charge >= 0.3 is 0 Å². The van der Waals surface area contributed by atoms with Crippen LogP contribution in [0.15, 0.2) is 134 Å². The zero-order valence-electron chi connectivity index (χ0n) is 20.7. The first-order valence-electron chi connectivity index (χ1n) is 13.0. The normalized spacial score (nSPS) is 20.8. The summed E-state index contributed by atoms with van der Waals surface area (Å²) in [5.74, 6) is 0.341. The molecule has 2 aromatic heterocycles. The highest BCUT2D eigenvalue weighted by Gasteiger charge is 2.37. The number of nitrogens with zero attached hydrogens (tertiary/aromatic N) is 2. The van der Waals surface area contributed by atoms with Crippen molar-refractivity contribution in [2.24, 2.45) is 11.3 Å². The summed E-state index contributed by atoms with van der Waals surface area (Å²) in [5.41, 5.74) is 7.39. The molecule has 2 aliphatic carbocycles. The van der Waals surface area contributed by atoms with E-state index in [0.29, 0.717) is 5.92 Å². The summed E-state index contributed by atoms with van der Waals surface area (Å²) in [5, 5.41) is 5.16. The molecule has 4 aromatic carbocycles. The topological polar surface area (TPSA) is 9.86 Å². The number of allylic oxidation sites excluding steroid dienone is 8. The Hall–Kier alpha value is -4.56. The molecule has 8 rings (SSSR count). The van der Waals surface area contributed by atoms with Gasteiger partial charge in [-0.2, -0.15) is 0 Å². The van der Waals surface area contributed by atoms with E-state index in [0.717, 1.165) is 0 Å². The molecule has 0 radical (unpaired) electrons. The summed E-state index contributed by atoms with van der Waals surface area (Å²) in [4.78, 5) is 0. The highest BCUT2D eigenvalue weighted by molar-refractivity contribution is 6.26. The molecule has 6 aromatic rings. The minimum absolute atomic E-state index is 0.112. The van der Waals surface area contributed by atoms with E-state index in [-0.39, 0.29) is 5.41 Å². The van der Waals surface area contributed by atoms with Crippen LogP contribution in [0, 0.1) is 11.3 Å². The van der Waals surface area contributed by atoms with Gasteiger partial charge in [0.25, 0.3) is 0 Å². The molecule has 0 bridgehead atoms. The Kier molecular flexibility index (Phi) is 4.16. The summed E-state index contributed by atoms with van der Waals surface area (Å²) in [6.45, 7) is 2.37. The zero-order valence-corrected chi connectivity index (χ0v) is 20.7. The van der Waals surface area contributed by atoms with Gasteiger partial charge in [0.05, 0.1) is 22.1 Å². The number of benzene rings is 4. The smallest absolute Gasteiger partial charge is 0.0641 e. The van der Waals surface area contributed by atoms with Crippen LogP contribution in [-0.2, 0) is 0 Å². The lowest BCUT2D eigenvalue weighted by Gasteiger charge is -2.39. The van der Waals surface area contributed by atoms with Crippen LogP contribution in [0.2, 0.25) is 0 Å². The number of hydrogen-bond acceptors (Lipinski definition) is 0. The number of rotatable bonds is 2. The fourth-order valence-electron chi connectivity index (χ4n) is 6.65. The Bertz CT molecular complexity index is 1990. The average Bonchev–Trinajstić information content (AvgIpc) is 3.46. The number of aromatic nitrogens is 2. The predicted octanol–water partition coefficient (Wildman–Crippen LogP) is 9.05. The van der Waals surface area contributed by atoms with E-state index in [1.165, 1.54) is 55.0 Å². The molecule has 0 amide bonds. The number of fused-ring (bicyclic) bond motifs is 8. The van der Waals surface area contributed by atoms with Crippen LogP contribution in [0.3, 0.4) is 0 Å². The molecule has 0 fully saturated rings. The lowest BCUT2D eigenvalue weighted by Crippen LogP contribution is -2.30. The van der Waals surface area contributed by atoms with Crippen molar-refractivity contribution in [2.45, 2.75) is 6.92 Å². The van der Waals surface area contributed by atoms with E-state index < -0.39 is 0 Å². The molecule has 0 saturated heterocycles. The zero-order chi connectivity index (χ0) is 24.6. The second-order valence-electron chi connectivity index (χ2n) is 10.4. The molecular formula is C35H26N2. The van der Waals surface area contributed by atoms with Crippen LogP contribution in [0.4, 0.5) is 0 Å². The molecule has 0 spiro atoms. The minimum atomic E-state index is -0.112. The summed E-state index contributed by atoms with van der Waals surface area (Å²) < 4.78 is 4.96. The lowest BCUT2D eigenvalue weighted by atomic mass is 9.69. The maximum atomic E-state index is 2.51. The molecule has 2 heterocycles. The molecule has 176 valence electrons. The molecule has 37 heavy (non-hydrogen) atoms. The maximum absolute atomic E-state index is 2.51. The molecule has 2 heteroatoms. The largest absolute Gasteiger partial charge is 0.312 e. The van der Waals surface area contributed by atoms with Gasteiger partial charge in [0, 0.05) is 44.3 Å². The van der Waals surface area contributed by atoms with Crippen LogP contribution in [0.1, 0.15) is 6.92 Å². The van der Waals surface area contributed by atoms with Crippen LogP contribution >= 0.6 is 0 Å².